The summed E-state index contributed by atoms with van der Waals surface area (Å²) in [5, 5.41) is 9.92. The van der Waals surface area contributed by atoms with Crippen LogP contribution in [0.5, 0.6) is 5.75 Å². The van der Waals surface area contributed by atoms with E-state index in [4.69, 9.17) is 4.74 Å². The number of β-amino-alcohol motifs (C(OH)–C–C–N with tert-alkyl or cyclic N) is 1. The Bertz CT molecular complexity index is 429. The van der Waals surface area contributed by atoms with E-state index < -0.39 is 0 Å². The minimum Gasteiger partial charge on any atom is -0.495 e. The van der Waals surface area contributed by atoms with E-state index in [1.807, 2.05) is 6.07 Å². The van der Waals surface area contributed by atoms with E-state index in [0.29, 0.717) is 6.54 Å². The maximum atomic E-state index is 9.92. The van der Waals surface area contributed by atoms with Crippen LogP contribution in [0.15, 0.2) is 18.2 Å². The van der Waals surface area contributed by atoms with Crippen LogP contribution in [0.25, 0.3) is 0 Å². The maximum Gasteiger partial charge on any atom is 0.142 e. The van der Waals surface area contributed by atoms with E-state index in [9.17, 15) is 5.11 Å². The Hall–Kier alpha value is -1.22. The Morgan fingerprint density at radius 3 is 2.78 bits per heavy atom. The van der Waals surface area contributed by atoms with E-state index in [-0.39, 0.29) is 11.6 Å². The van der Waals surface area contributed by atoms with Gasteiger partial charge in [-0.1, -0.05) is 6.07 Å². The topological polar surface area (TPSA) is 32.7 Å². The van der Waals surface area contributed by atoms with Crippen LogP contribution in [-0.2, 0) is 0 Å². The van der Waals surface area contributed by atoms with E-state index >= 15 is 0 Å². The molecule has 3 heteroatoms. The molecule has 1 N–H and O–H groups in total. The predicted octanol–water partition coefficient (Wildman–Crippen LogP) is 2.74. The summed E-state index contributed by atoms with van der Waals surface area (Å²) < 4.78 is 5.46. The second-order valence-corrected chi connectivity index (χ2v) is 5.79. The van der Waals surface area contributed by atoms with Crippen LogP contribution >= 0.6 is 0 Å². The van der Waals surface area contributed by atoms with Gasteiger partial charge in [0.15, 0.2) is 0 Å². The third-order valence-corrected chi connectivity index (χ3v) is 3.84. The van der Waals surface area contributed by atoms with Gasteiger partial charge in [-0.05, 0) is 51.3 Å². The number of anilines is 1. The van der Waals surface area contributed by atoms with Crippen molar-refractivity contribution in [1.82, 2.24) is 0 Å². The molecule has 2 rings (SSSR count). The Morgan fingerprint density at radius 1 is 1.39 bits per heavy atom. The number of hydrogen-bond acceptors (Lipinski definition) is 3. The molecule has 1 unspecified atom stereocenters. The molecule has 1 aromatic carbocycles. The molecule has 1 aromatic rings. The van der Waals surface area contributed by atoms with Gasteiger partial charge < -0.3 is 14.7 Å². The highest BCUT2D eigenvalue weighted by molar-refractivity contribution is 5.62. The molecule has 1 heterocycles. The number of aliphatic hydroxyl groups is 1. The van der Waals surface area contributed by atoms with Crippen LogP contribution in [0.2, 0.25) is 0 Å². The lowest BCUT2D eigenvalue weighted by Gasteiger charge is -2.46. The number of benzene rings is 1. The van der Waals surface area contributed by atoms with E-state index in [0.717, 1.165) is 24.3 Å². The molecule has 100 valence electrons. The third-order valence-electron chi connectivity index (χ3n) is 3.84. The van der Waals surface area contributed by atoms with Crippen molar-refractivity contribution in [2.24, 2.45) is 0 Å². The molecule has 18 heavy (non-hydrogen) atoms. The molecule has 0 aromatic heterocycles. The van der Waals surface area contributed by atoms with Gasteiger partial charge in [0.25, 0.3) is 0 Å². The Labute approximate surface area is 109 Å². The normalized spacial score (nSPS) is 22.9. The van der Waals surface area contributed by atoms with Gasteiger partial charge in [0.1, 0.15) is 5.75 Å². The molecular weight excluding hydrogens is 226 g/mol. The summed E-state index contributed by atoms with van der Waals surface area (Å²) in [5.74, 6) is 0.878. The summed E-state index contributed by atoms with van der Waals surface area (Å²) in [4.78, 5) is 2.27. The monoisotopic (exact) mass is 249 g/mol. The highest BCUT2D eigenvalue weighted by Gasteiger charge is 2.34. The Morgan fingerprint density at radius 2 is 2.11 bits per heavy atom. The molecule has 1 atom stereocenters. The molecule has 1 aliphatic rings. The van der Waals surface area contributed by atoms with Gasteiger partial charge in [-0.3, -0.25) is 0 Å². The van der Waals surface area contributed by atoms with Gasteiger partial charge >= 0.3 is 0 Å². The number of nitrogens with zero attached hydrogens (tertiary/aromatic N) is 1. The quantitative estimate of drug-likeness (QED) is 0.874. The molecule has 1 fully saturated rings. The van der Waals surface area contributed by atoms with E-state index in [2.05, 4.69) is 37.8 Å². The fraction of sp³-hybridized carbons (Fsp3) is 0.600. The number of rotatable bonds is 2. The zero-order valence-electron chi connectivity index (χ0n) is 11.7. The van der Waals surface area contributed by atoms with Gasteiger partial charge in [-0.25, -0.2) is 0 Å². The molecule has 0 radical (unpaired) electrons. The van der Waals surface area contributed by atoms with Gasteiger partial charge in [-0.2, -0.15) is 0 Å². The standard InChI is InChI=1S/C15H23NO2/c1-11-5-6-14(18-4)13(9-11)16-10-12(17)7-8-15(16,2)3/h5-6,9,12,17H,7-8,10H2,1-4H3. The van der Waals surface area contributed by atoms with Crippen molar-refractivity contribution >= 4 is 5.69 Å². The largest absolute Gasteiger partial charge is 0.495 e. The Balaban J connectivity index is 2.42. The van der Waals surface area contributed by atoms with Crippen molar-refractivity contribution in [3.63, 3.8) is 0 Å². The van der Waals surface area contributed by atoms with Crippen LogP contribution in [-0.4, -0.2) is 30.4 Å². The smallest absolute Gasteiger partial charge is 0.142 e. The zero-order chi connectivity index (χ0) is 13.3. The molecule has 0 saturated carbocycles. The minimum absolute atomic E-state index is 0.0559. The van der Waals surface area contributed by atoms with Gasteiger partial charge in [-0.15, -0.1) is 0 Å². The predicted molar refractivity (Wildman–Crippen MR) is 74.4 cm³/mol. The summed E-state index contributed by atoms with van der Waals surface area (Å²) in [7, 11) is 1.70. The lowest BCUT2D eigenvalue weighted by Crippen LogP contribution is -2.52. The molecule has 0 spiro atoms. The van der Waals surface area contributed by atoms with Crippen LogP contribution in [0, 0.1) is 6.92 Å². The second-order valence-electron chi connectivity index (χ2n) is 5.79. The first kappa shape index (κ1) is 13.2. The zero-order valence-corrected chi connectivity index (χ0v) is 11.7. The second kappa shape index (κ2) is 4.81. The number of methoxy groups -OCH3 is 1. The number of aryl methyl sites for hydroxylation is 1. The summed E-state index contributed by atoms with van der Waals surface area (Å²) in [6.45, 7) is 7.20. The van der Waals surface area contributed by atoms with E-state index in [1.165, 1.54) is 5.56 Å². The molecule has 0 amide bonds. The van der Waals surface area contributed by atoms with Crippen molar-refractivity contribution in [2.75, 3.05) is 18.6 Å². The Kier molecular flexibility index (Phi) is 3.53. The van der Waals surface area contributed by atoms with Crippen molar-refractivity contribution in [3.8, 4) is 5.75 Å². The summed E-state index contributed by atoms with van der Waals surface area (Å²) >= 11 is 0. The molecule has 0 bridgehead atoms. The minimum atomic E-state index is -0.247. The molecular formula is C15H23NO2. The lowest BCUT2D eigenvalue weighted by atomic mass is 9.88. The van der Waals surface area contributed by atoms with Crippen molar-refractivity contribution in [3.05, 3.63) is 23.8 Å². The summed E-state index contributed by atoms with van der Waals surface area (Å²) in [6, 6.07) is 6.19. The summed E-state index contributed by atoms with van der Waals surface area (Å²) in [6.07, 6.45) is 1.62. The average molecular weight is 249 g/mol. The van der Waals surface area contributed by atoms with Crippen LogP contribution in [0.3, 0.4) is 0 Å². The maximum absolute atomic E-state index is 9.92. The SMILES string of the molecule is COc1ccc(C)cc1N1CC(O)CCC1(C)C. The van der Waals surface area contributed by atoms with Gasteiger partial charge in [0.2, 0.25) is 0 Å². The molecule has 1 saturated heterocycles. The lowest BCUT2D eigenvalue weighted by molar-refractivity contribution is 0.125. The number of aliphatic hydroxyl groups excluding tert-OH is 1. The highest BCUT2D eigenvalue weighted by Crippen LogP contribution is 2.38. The van der Waals surface area contributed by atoms with Crippen LogP contribution in [0.1, 0.15) is 32.3 Å². The number of piperidine rings is 1. The van der Waals surface area contributed by atoms with E-state index in [1.54, 1.807) is 7.11 Å². The number of ether oxygens (including phenoxy) is 1. The first-order chi connectivity index (χ1) is 8.44. The highest BCUT2D eigenvalue weighted by atomic mass is 16.5. The molecule has 1 aliphatic heterocycles. The van der Waals surface area contributed by atoms with Crippen molar-refractivity contribution in [2.45, 2.75) is 45.3 Å². The molecule has 0 aliphatic carbocycles. The van der Waals surface area contributed by atoms with Gasteiger partial charge in [0.05, 0.1) is 18.9 Å². The fourth-order valence-corrected chi connectivity index (χ4v) is 2.64. The number of hydrogen-bond donors (Lipinski definition) is 1. The summed E-state index contributed by atoms with van der Waals surface area (Å²) in [5.41, 5.74) is 2.35. The van der Waals surface area contributed by atoms with Crippen molar-refractivity contribution in [1.29, 1.82) is 0 Å². The molecule has 3 nitrogen and oxygen atoms in total. The first-order valence-corrected chi connectivity index (χ1v) is 6.54. The van der Waals surface area contributed by atoms with Gasteiger partial charge in [0, 0.05) is 12.1 Å². The average Bonchev–Trinajstić information content (AvgIpc) is 2.32. The van der Waals surface area contributed by atoms with Crippen LogP contribution in [0.4, 0.5) is 5.69 Å². The fourth-order valence-electron chi connectivity index (χ4n) is 2.64. The third kappa shape index (κ3) is 2.46. The van der Waals surface area contributed by atoms with Crippen molar-refractivity contribution < 1.29 is 9.84 Å². The van der Waals surface area contributed by atoms with Crippen LogP contribution < -0.4 is 9.64 Å². The first-order valence-electron chi connectivity index (χ1n) is 6.54.